The van der Waals surface area contributed by atoms with Gasteiger partial charge in [0.05, 0.1) is 11.1 Å². The smallest absolute Gasteiger partial charge is 0.262 e. The summed E-state index contributed by atoms with van der Waals surface area (Å²) in [5, 5.41) is 13.3. The maximum absolute atomic E-state index is 12.7. The minimum absolute atomic E-state index is 0.203. The molecule has 0 N–H and O–H groups in total. The van der Waals surface area contributed by atoms with Crippen LogP contribution in [0.15, 0.2) is 30.6 Å². The molecular weight excluding hydrogens is 380 g/mol. The monoisotopic (exact) mass is 396 g/mol. The Bertz CT molecular complexity index is 1030. The third-order valence-electron chi connectivity index (χ3n) is 5.27. The van der Waals surface area contributed by atoms with Gasteiger partial charge in [-0.1, -0.05) is 23.5 Å². The number of piperidine rings is 1. The lowest BCUT2D eigenvalue weighted by Crippen LogP contribution is -2.45. The van der Waals surface area contributed by atoms with Gasteiger partial charge in [0.1, 0.15) is 17.9 Å². The number of rotatable bonds is 3. The minimum Gasteiger partial charge on any atom is -0.341 e. The third-order valence-corrected chi connectivity index (χ3v) is 6.35. The van der Waals surface area contributed by atoms with Gasteiger partial charge in [0.15, 0.2) is 0 Å². The maximum Gasteiger partial charge on any atom is 0.262 e. The van der Waals surface area contributed by atoms with Crippen LogP contribution in [0, 0.1) is 0 Å². The molecule has 10 heteroatoms. The molecule has 0 unspecified atom stereocenters. The van der Waals surface area contributed by atoms with E-state index in [1.54, 1.807) is 40.0 Å². The molecule has 9 nitrogen and oxygen atoms in total. The van der Waals surface area contributed by atoms with E-state index in [0.717, 1.165) is 27.7 Å². The zero-order chi connectivity index (χ0) is 19.3. The fourth-order valence-corrected chi connectivity index (χ4v) is 4.72. The maximum atomic E-state index is 12.7. The number of carbonyl (C=O) groups excluding carboxylic acids is 3. The fraction of sp³-hybridized carbons (Fsp3) is 0.333. The van der Waals surface area contributed by atoms with Crippen LogP contribution in [0.4, 0.5) is 0 Å². The van der Waals surface area contributed by atoms with Crippen LogP contribution in [-0.4, -0.2) is 67.0 Å². The van der Waals surface area contributed by atoms with E-state index in [-0.39, 0.29) is 18.4 Å². The summed E-state index contributed by atoms with van der Waals surface area (Å²) in [4.78, 5) is 41.1. The molecule has 1 saturated heterocycles. The molecule has 0 atom stereocenters. The van der Waals surface area contributed by atoms with E-state index >= 15 is 0 Å². The number of amides is 3. The van der Waals surface area contributed by atoms with Crippen molar-refractivity contribution in [3.05, 3.63) is 46.7 Å². The Kier molecular flexibility index (Phi) is 3.93. The molecule has 3 amide bonds. The third kappa shape index (κ3) is 2.68. The Balaban J connectivity index is 1.22. The van der Waals surface area contributed by atoms with Gasteiger partial charge in [-0.25, -0.2) is 0 Å². The second kappa shape index (κ2) is 6.48. The van der Waals surface area contributed by atoms with Crippen LogP contribution in [0.25, 0.3) is 4.96 Å². The summed E-state index contributed by atoms with van der Waals surface area (Å²) >= 11 is 1.52. The van der Waals surface area contributed by atoms with Crippen molar-refractivity contribution in [1.82, 2.24) is 29.6 Å². The van der Waals surface area contributed by atoms with Crippen LogP contribution in [0.1, 0.15) is 44.5 Å². The van der Waals surface area contributed by atoms with Crippen molar-refractivity contribution >= 4 is 34.0 Å². The number of nitrogens with zero attached hydrogens (tertiary/aromatic N) is 6. The van der Waals surface area contributed by atoms with Crippen LogP contribution in [-0.2, 0) is 4.79 Å². The Hall–Kier alpha value is -3.14. The molecule has 1 fully saturated rings. The average molecular weight is 396 g/mol. The Morgan fingerprint density at radius 1 is 1.11 bits per heavy atom. The van der Waals surface area contributed by atoms with Crippen molar-refractivity contribution in [1.29, 1.82) is 0 Å². The lowest BCUT2D eigenvalue weighted by molar-refractivity contribution is -0.132. The minimum atomic E-state index is -0.399. The topological polar surface area (TPSA) is 101 Å². The normalized spacial score (nSPS) is 17.6. The summed E-state index contributed by atoms with van der Waals surface area (Å²) in [6, 6.07) is 6.66. The molecule has 2 aromatic heterocycles. The number of likely N-dealkylation sites (tertiary alicyclic amines) is 1. The lowest BCUT2D eigenvalue weighted by Gasteiger charge is -2.31. The quantitative estimate of drug-likeness (QED) is 0.617. The highest BCUT2D eigenvalue weighted by Gasteiger charge is 2.37. The van der Waals surface area contributed by atoms with Crippen LogP contribution >= 0.6 is 11.3 Å². The van der Waals surface area contributed by atoms with E-state index < -0.39 is 11.8 Å². The molecule has 0 bridgehead atoms. The fourth-order valence-electron chi connectivity index (χ4n) is 3.73. The van der Waals surface area contributed by atoms with Gasteiger partial charge in [0.2, 0.25) is 10.9 Å². The second-order valence-corrected chi connectivity index (χ2v) is 7.88. The largest absolute Gasteiger partial charge is 0.341 e. The van der Waals surface area contributed by atoms with Gasteiger partial charge in [0.25, 0.3) is 11.8 Å². The van der Waals surface area contributed by atoms with Crippen LogP contribution in [0.5, 0.6) is 0 Å². The highest BCUT2D eigenvalue weighted by molar-refractivity contribution is 7.16. The number of aromatic nitrogens is 4. The van der Waals surface area contributed by atoms with E-state index in [9.17, 15) is 14.4 Å². The van der Waals surface area contributed by atoms with E-state index in [4.69, 9.17) is 0 Å². The molecule has 2 aliphatic rings. The molecule has 1 aromatic carbocycles. The Morgan fingerprint density at radius 3 is 2.43 bits per heavy atom. The van der Waals surface area contributed by atoms with E-state index in [0.29, 0.717) is 24.2 Å². The first-order valence-electron chi connectivity index (χ1n) is 9.01. The zero-order valence-electron chi connectivity index (χ0n) is 14.8. The summed E-state index contributed by atoms with van der Waals surface area (Å²) in [5.74, 6) is -0.728. The van der Waals surface area contributed by atoms with Gasteiger partial charge in [-0.15, -0.1) is 10.2 Å². The van der Waals surface area contributed by atoms with Crippen molar-refractivity contribution in [2.45, 2.75) is 18.8 Å². The number of fused-ring (bicyclic) bond motifs is 2. The summed E-state index contributed by atoms with van der Waals surface area (Å²) in [7, 11) is 0. The molecule has 28 heavy (non-hydrogen) atoms. The van der Waals surface area contributed by atoms with Gasteiger partial charge in [-0.3, -0.25) is 19.3 Å². The van der Waals surface area contributed by atoms with E-state index in [2.05, 4.69) is 15.3 Å². The lowest BCUT2D eigenvalue weighted by atomic mass is 9.97. The molecule has 0 radical (unpaired) electrons. The summed E-state index contributed by atoms with van der Waals surface area (Å²) < 4.78 is 1.67. The summed E-state index contributed by atoms with van der Waals surface area (Å²) in [6.07, 6.45) is 3.16. The van der Waals surface area contributed by atoms with E-state index in [1.807, 2.05) is 0 Å². The first-order chi connectivity index (χ1) is 13.6. The highest BCUT2D eigenvalue weighted by Crippen LogP contribution is 2.31. The first-order valence-corrected chi connectivity index (χ1v) is 9.83. The molecular formula is C18H16N6O3S. The summed E-state index contributed by atoms with van der Waals surface area (Å²) in [6.45, 7) is 0.938. The number of hydrogen-bond acceptors (Lipinski definition) is 7. The van der Waals surface area contributed by atoms with Crippen molar-refractivity contribution in [2.75, 3.05) is 19.6 Å². The number of hydrogen-bond donors (Lipinski definition) is 0. The van der Waals surface area contributed by atoms with E-state index in [1.165, 1.54) is 11.3 Å². The predicted molar refractivity (Wildman–Crippen MR) is 99.0 cm³/mol. The highest BCUT2D eigenvalue weighted by atomic mass is 32.1. The molecule has 0 aliphatic carbocycles. The average Bonchev–Trinajstić information content (AvgIpc) is 3.38. The molecule has 2 aliphatic heterocycles. The van der Waals surface area contributed by atoms with Crippen LogP contribution < -0.4 is 0 Å². The van der Waals surface area contributed by atoms with Gasteiger partial charge in [-0.05, 0) is 25.0 Å². The first kappa shape index (κ1) is 17.0. The molecule has 4 heterocycles. The number of carbonyl (C=O) groups is 3. The Labute approximate surface area is 163 Å². The zero-order valence-corrected chi connectivity index (χ0v) is 15.6. The van der Waals surface area contributed by atoms with Gasteiger partial charge >= 0.3 is 0 Å². The number of benzene rings is 1. The van der Waals surface area contributed by atoms with Gasteiger partial charge in [-0.2, -0.15) is 9.61 Å². The molecule has 0 saturated carbocycles. The molecule has 5 rings (SSSR count). The van der Waals surface area contributed by atoms with Crippen molar-refractivity contribution in [3.63, 3.8) is 0 Å². The van der Waals surface area contributed by atoms with Crippen molar-refractivity contribution < 1.29 is 14.4 Å². The van der Waals surface area contributed by atoms with Gasteiger partial charge in [0, 0.05) is 19.0 Å². The summed E-state index contributed by atoms with van der Waals surface area (Å²) in [5.41, 5.74) is 0.726. The van der Waals surface area contributed by atoms with Crippen LogP contribution in [0.2, 0.25) is 0 Å². The molecule has 0 spiro atoms. The Morgan fingerprint density at radius 2 is 1.79 bits per heavy atom. The second-order valence-electron chi connectivity index (χ2n) is 6.90. The SMILES string of the molecule is O=C(CN1C(=O)c2ccccc2C1=O)N1CCC(c2nn3cnnc3s2)CC1. The standard InChI is InChI=1S/C18H16N6O3S/c25-14(9-23-16(26)12-3-1-2-4-13(12)17(23)27)22-7-5-11(6-8-22)15-21-24-10-19-20-18(24)28-15/h1-4,10-11H,5-9H2. The van der Waals surface area contributed by atoms with Crippen molar-refractivity contribution in [2.24, 2.45) is 0 Å². The number of imide groups is 1. The molecule has 3 aromatic rings. The van der Waals surface area contributed by atoms with Crippen molar-refractivity contribution in [3.8, 4) is 0 Å². The van der Waals surface area contributed by atoms with Crippen LogP contribution in [0.3, 0.4) is 0 Å². The molecule has 142 valence electrons. The van der Waals surface area contributed by atoms with Gasteiger partial charge < -0.3 is 4.90 Å². The predicted octanol–water partition coefficient (Wildman–Crippen LogP) is 1.19.